The number of nitrogens with zero attached hydrogens (tertiary/aromatic N) is 1. The second-order valence-electron chi connectivity index (χ2n) is 7.54. The van der Waals surface area contributed by atoms with Crippen LogP contribution < -0.4 is 15.0 Å². The SMILES string of the molecule is O=C(O)CCNCC(=O)N1CCc2cc(OC3CCC(C(F)(F)F)CC3)ccc21. The van der Waals surface area contributed by atoms with E-state index in [0.717, 1.165) is 11.3 Å². The smallest absolute Gasteiger partial charge is 0.391 e. The third-order valence-electron chi connectivity index (χ3n) is 5.48. The molecule has 9 heteroatoms. The molecule has 29 heavy (non-hydrogen) atoms. The van der Waals surface area contributed by atoms with Crippen LogP contribution in [0.5, 0.6) is 5.75 Å². The first kappa shape index (κ1) is 21.4. The number of hydrogen-bond donors (Lipinski definition) is 2. The van der Waals surface area contributed by atoms with Crippen molar-refractivity contribution < 1.29 is 32.6 Å². The molecule has 1 amide bonds. The number of carboxylic acids is 1. The molecule has 0 unspecified atom stereocenters. The third-order valence-corrected chi connectivity index (χ3v) is 5.48. The van der Waals surface area contributed by atoms with E-state index in [2.05, 4.69) is 5.32 Å². The van der Waals surface area contributed by atoms with Crippen LogP contribution >= 0.6 is 0 Å². The standard InChI is InChI=1S/C20H25F3N2O4/c21-20(22,23)14-1-3-15(4-2-14)29-16-5-6-17-13(11-16)8-10-25(17)18(26)12-24-9-7-19(27)28/h5-6,11,14-15,24H,1-4,7-10,12H2,(H,27,28). The summed E-state index contributed by atoms with van der Waals surface area (Å²) in [5.74, 6) is -1.66. The molecule has 2 aliphatic rings. The van der Waals surface area contributed by atoms with Crippen LogP contribution in [0.25, 0.3) is 0 Å². The lowest BCUT2D eigenvalue weighted by atomic mass is 9.87. The van der Waals surface area contributed by atoms with E-state index in [1.807, 2.05) is 6.07 Å². The first-order chi connectivity index (χ1) is 13.7. The maximum atomic E-state index is 12.8. The molecule has 6 nitrogen and oxygen atoms in total. The molecule has 1 aromatic rings. The fourth-order valence-electron chi connectivity index (χ4n) is 3.90. The number of benzene rings is 1. The van der Waals surface area contributed by atoms with Crippen LogP contribution in [0.2, 0.25) is 0 Å². The predicted octanol–water partition coefficient (Wildman–Crippen LogP) is 3.14. The van der Waals surface area contributed by atoms with Crippen LogP contribution in [-0.4, -0.2) is 48.9 Å². The molecule has 1 aliphatic heterocycles. The molecule has 2 N–H and O–H groups in total. The number of anilines is 1. The molecule has 1 aliphatic carbocycles. The van der Waals surface area contributed by atoms with E-state index in [1.54, 1.807) is 17.0 Å². The number of carbonyl (C=O) groups excluding carboxylic acids is 1. The van der Waals surface area contributed by atoms with E-state index in [-0.39, 0.29) is 44.4 Å². The van der Waals surface area contributed by atoms with E-state index in [4.69, 9.17) is 9.84 Å². The molecule has 1 heterocycles. The average molecular weight is 414 g/mol. The van der Waals surface area contributed by atoms with Crippen molar-refractivity contribution in [1.29, 1.82) is 0 Å². The van der Waals surface area contributed by atoms with Crippen molar-refractivity contribution in [2.24, 2.45) is 5.92 Å². The Hall–Kier alpha value is -2.29. The second-order valence-corrected chi connectivity index (χ2v) is 7.54. The van der Waals surface area contributed by atoms with Crippen LogP contribution in [0.3, 0.4) is 0 Å². The van der Waals surface area contributed by atoms with E-state index < -0.39 is 18.1 Å². The highest BCUT2D eigenvalue weighted by Gasteiger charge is 2.41. The van der Waals surface area contributed by atoms with Gasteiger partial charge in [-0.15, -0.1) is 0 Å². The Morgan fingerprint density at radius 1 is 1.21 bits per heavy atom. The third kappa shape index (κ3) is 5.62. The van der Waals surface area contributed by atoms with Crippen molar-refractivity contribution >= 4 is 17.6 Å². The normalized spacial score (nSPS) is 21.7. The first-order valence-corrected chi connectivity index (χ1v) is 9.83. The molecule has 1 fully saturated rings. The van der Waals surface area contributed by atoms with Gasteiger partial charge in [-0.2, -0.15) is 13.2 Å². The number of amides is 1. The molecule has 160 valence electrons. The minimum absolute atomic E-state index is 0.0462. The van der Waals surface area contributed by atoms with E-state index >= 15 is 0 Å². The molecule has 0 spiro atoms. The van der Waals surface area contributed by atoms with Gasteiger partial charge < -0.3 is 20.1 Å². The van der Waals surface area contributed by atoms with Gasteiger partial charge in [-0.05, 0) is 55.9 Å². The molecule has 0 radical (unpaired) electrons. The monoisotopic (exact) mass is 414 g/mol. The number of halogens is 3. The average Bonchev–Trinajstić information content (AvgIpc) is 3.08. The highest BCUT2D eigenvalue weighted by atomic mass is 19.4. The van der Waals surface area contributed by atoms with Gasteiger partial charge in [-0.1, -0.05) is 0 Å². The maximum Gasteiger partial charge on any atom is 0.391 e. The zero-order chi connectivity index (χ0) is 21.0. The topological polar surface area (TPSA) is 78.9 Å². The number of carbonyl (C=O) groups is 2. The Balaban J connectivity index is 1.52. The Morgan fingerprint density at radius 3 is 2.59 bits per heavy atom. The summed E-state index contributed by atoms with van der Waals surface area (Å²) in [4.78, 5) is 24.5. The molecular weight excluding hydrogens is 389 g/mol. The molecule has 0 aromatic heterocycles. The number of alkyl halides is 3. The highest BCUT2D eigenvalue weighted by molar-refractivity contribution is 5.96. The number of hydrogen-bond acceptors (Lipinski definition) is 4. The molecule has 0 bridgehead atoms. The summed E-state index contributed by atoms with van der Waals surface area (Å²) in [6.45, 7) is 0.827. The van der Waals surface area contributed by atoms with Crippen molar-refractivity contribution in [2.45, 2.75) is 50.8 Å². The summed E-state index contributed by atoms with van der Waals surface area (Å²) in [5.41, 5.74) is 1.76. The maximum absolute atomic E-state index is 12.8. The Morgan fingerprint density at radius 2 is 1.93 bits per heavy atom. The van der Waals surface area contributed by atoms with Gasteiger partial charge in [0, 0.05) is 18.8 Å². The highest BCUT2D eigenvalue weighted by Crippen LogP contribution is 2.39. The van der Waals surface area contributed by atoms with Crippen LogP contribution in [0.1, 0.15) is 37.7 Å². The van der Waals surface area contributed by atoms with Crippen LogP contribution in [0.15, 0.2) is 18.2 Å². The molecule has 1 saturated carbocycles. The van der Waals surface area contributed by atoms with Crippen LogP contribution in [0, 0.1) is 5.92 Å². The molecule has 1 aromatic carbocycles. The second kappa shape index (κ2) is 9.02. The predicted molar refractivity (Wildman–Crippen MR) is 100 cm³/mol. The lowest BCUT2D eigenvalue weighted by molar-refractivity contribution is -0.185. The van der Waals surface area contributed by atoms with E-state index in [9.17, 15) is 22.8 Å². The van der Waals surface area contributed by atoms with Crippen molar-refractivity contribution in [3.8, 4) is 5.75 Å². The van der Waals surface area contributed by atoms with Crippen molar-refractivity contribution in [2.75, 3.05) is 24.5 Å². The van der Waals surface area contributed by atoms with Gasteiger partial charge in [0.1, 0.15) is 5.75 Å². The number of ether oxygens (including phenoxy) is 1. The number of carboxylic acid groups (broad SMARTS) is 1. The van der Waals surface area contributed by atoms with Crippen molar-refractivity contribution in [3.63, 3.8) is 0 Å². The van der Waals surface area contributed by atoms with Gasteiger partial charge in [0.2, 0.25) is 5.91 Å². The first-order valence-electron chi connectivity index (χ1n) is 9.83. The summed E-state index contributed by atoms with van der Waals surface area (Å²) in [6, 6.07) is 5.41. The minimum atomic E-state index is -4.13. The van der Waals surface area contributed by atoms with Gasteiger partial charge in [0.25, 0.3) is 0 Å². The van der Waals surface area contributed by atoms with Gasteiger partial charge in [0.15, 0.2) is 0 Å². The fourth-order valence-corrected chi connectivity index (χ4v) is 3.90. The zero-order valence-corrected chi connectivity index (χ0v) is 16.0. The minimum Gasteiger partial charge on any atom is -0.490 e. The van der Waals surface area contributed by atoms with Gasteiger partial charge in [0.05, 0.1) is 25.0 Å². The van der Waals surface area contributed by atoms with E-state index in [0.29, 0.717) is 31.6 Å². The summed E-state index contributed by atoms with van der Waals surface area (Å²) in [7, 11) is 0. The van der Waals surface area contributed by atoms with Gasteiger partial charge in [-0.3, -0.25) is 9.59 Å². The fraction of sp³-hybridized carbons (Fsp3) is 0.600. The van der Waals surface area contributed by atoms with E-state index in [1.165, 1.54) is 0 Å². The van der Waals surface area contributed by atoms with Crippen molar-refractivity contribution in [1.82, 2.24) is 5.32 Å². The van der Waals surface area contributed by atoms with Crippen LogP contribution in [0.4, 0.5) is 18.9 Å². The number of fused-ring (bicyclic) bond motifs is 1. The zero-order valence-electron chi connectivity index (χ0n) is 16.0. The lowest BCUT2D eigenvalue weighted by Crippen LogP contribution is -2.37. The van der Waals surface area contributed by atoms with Gasteiger partial charge >= 0.3 is 12.1 Å². The molecule has 0 atom stereocenters. The Kier molecular flexibility index (Phi) is 6.66. The summed E-state index contributed by atoms with van der Waals surface area (Å²) >= 11 is 0. The Labute approximate surface area is 167 Å². The number of aliphatic carboxylic acids is 1. The summed E-state index contributed by atoms with van der Waals surface area (Å²) in [6.07, 6.45) is -2.76. The summed E-state index contributed by atoms with van der Waals surface area (Å²) < 4.78 is 44.2. The quantitative estimate of drug-likeness (QED) is 0.671. The lowest BCUT2D eigenvalue weighted by Gasteiger charge is -2.30. The molecule has 0 saturated heterocycles. The summed E-state index contributed by atoms with van der Waals surface area (Å²) in [5, 5.41) is 11.4. The molecular formula is C20H25F3N2O4. The molecule has 3 rings (SSSR count). The van der Waals surface area contributed by atoms with Crippen molar-refractivity contribution in [3.05, 3.63) is 23.8 Å². The number of rotatable bonds is 7. The number of nitrogens with one attached hydrogen (secondary N) is 1. The Bertz CT molecular complexity index is 746. The van der Waals surface area contributed by atoms with Gasteiger partial charge in [-0.25, -0.2) is 0 Å². The largest absolute Gasteiger partial charge is 0.490 e. The van der Waals surface area contributed by atoms with Crippen LogP contribution in [-0.2, 0) is 16.0 Å².